The smallest absolute Gasteiger partial charge is 0.349 e. The summed E-state index contributed by atoms with van der Waals surface area (Å²) >= 11 is 0.945. The van der Waals surface area contributed by atoms with E-state index in [4.69, 9.17) is 4.74 Å². The lowest BCUT2D eigenvalue weighted by molar-refractivity contribution is -0.119. The lowest BCUT2D eigenvalue weighted by Crippen LogP contribution is -2.31. The normalized spacial score (nSPS) is 18.1. The molecule has 0 aromatic carbocycles. The van der Waals surface area contributed by atoms with Crippen LogP contribution in [0.15, 0.2) is 16.3 Å². The standard InChI is InChI=1S/C13H17NO6S2/c1-19-13(16)12-10(6-8-21-12)22(17,18)14-11(15)5-4-9-3-2-7-20-9/h6,8-9H,2-5,7H2,1H3,(H,14,15)/t9-/m0/s1. The molecule has 1 saturated heterocycles. The van der Waals surface area contributed by atoms with Gasteiger partial charge in [-0.05, 0) is 30.7 Å². The minimum absolute atomic E-state index is 0.0141. The van der Waals surface area contributed by atoms with E-state index < -0.39 is 21.9 Å². The van der Waals surface area contributed by atoms with Crippen LogP contribution in [0.25, 0.3) is 0 Å². The molecule has 1 N–H and O–H groups in total. The summed E-state index contributed by atoms with van der Waals surface area (Å²) in [5.74, 6) is -1.36. The van der Waals surface area contributed by atoms with E-state index >= 15 is 0 Å². The molecule has 0 aliphatic carbocycles. The number of amides is 1. The molecule has 9 heteroatoms. The number of hydrogen-bond donors (Lipinski definition) is 1. The summed E-state index contributed by atoms with van der Waals surface area (Å²) in [4.78, 5) is 23.0. The first-order valence-corrected chi connectivity index (χ1v) is 9.13. The van der Waals surface area contributed by atoms with Crippen LogP contribution in [0.4, 0.5) is 0 Å². The van der Waals surface area contributed by atoms with E-state index in [1.54, 1.807) is 0 Å². The highest BCUT2D eigenvalue weighted by atomic mass is 32.2. The summed E-state index contributed by atoms with van der Waals surface area (Å²) in [6, 6.07) is 1.27. The topological polar surface area (TPSA) is 98.8 Å². The van der Waals surface area contributed by atoms with Crippen LogP contribution in [0.2, 0.25) is 0 Å². The number of carbonyl (C=O) groups excluding carboxylic acids is 2. The molecule has 2 rings (SSSR count). The average Bonchev–Trinajstić information content (AvgIpc) is 3.14. The van der Waals surface area contributed by atoms with Gasteiger partial charge in [-0.25, -0.2) is 17.9 Å². The zero-order chi connectivity index (χ0) is 16.2. The maximum absolute atomic E-state index is 12.2. The number of carbonyl (C=O) groups is 2. The van der Waals surface area contributed by atoms with Crippen molar-refractivity contribution >= 4 is 33.2 Å². The fourth-order valence-electron chi connectivity index (χ4n) is 2.17. The van der Waals surface area contributed by atoms with Crippen molar-refractivity contribution in [3.63, 3.8) is 0 Å². The molecule has 0 radical (unpaired) electrons. The summed E-state index contributed by atoms with van der Waals surface area (Å²) in [7, 11) is -2.91. The highest BCUT2D eigenvalue weighted by molar-refractivity contribution is 7.90. The molecule has 22 heavy (non-hydrogen) atoms. The first-order chi connectivity index (χ1) is 10.4. The highest BCUT2D eigenvalue weighted by Crippen LogP contribution is 2.23. The van der Waals surface area contributed by atoms with Crippen LogP contribution in [-0.4, -0.2) is 40.1 Å². The maximum Gasteiger partial charge on any atom is 0.349 e. The van der Waals surface area contributed by atoms with Crippen molar-refractivity contribution in [3.05, 3.63) is 16.3 Å². The van der Waals surface area contributed by atoms with Crippen LogP contribution >= 0.6 is 11.3 Å². The van der Waals surface area contributed by atoms with E-state index in [0.717, 1.165) is 24.2 Å². The second kappa shape index (κ2) is 7.21. The Balaban J connectivity index is 1.99. The van der Waals surface area contributed by atoms with Gasteiger partial charge in [-0.2, -0.15) is 0 Å². The van der Waals surface area contributed by atoms with E-state index in [1.807, 2.05) is 4.72 Å². The minimum Gasteiger partial charge on any atom is -0.465 e. The van der Waals surface area contributed by atoms with Crippen molar-refractivity contribution in [1.29, 1.82) is 0 Å². The Hall–Kier alpha value is -1.45. The first kappa shape index (κ1) is 16.9. The molecule has 2 heterocycles. The Morgan fingerprint density at radius 3 is 2.91 bits per heavy atom. The molecule has 122 valence electrons. The zero-order valence-electron chi connectivity index (χ0n) is 12.0. The maximum atomic E-state index is 12.2. The van der Waals surface area contributed by atoms with Gasteiger partial charge in [0.2, 0.25) is 5.91 Å². The second-order valence-electron chi connectivity index (χ2n) is 4.81. The molecular weight excluding hydrogens is 330 g/mol. The van der Waals surface area contributed by atoms with Gasteiger partial charge < -0.3 is 9.47 Å². The number of methoxy groups -OCH3 is 1. The molecule has 1 amide bonds. The molecule has 1 atom stereocenters. The number of hydrogen-bond acceptors (Lipinski definition) is 7. The summed E-state index contributed by atoms with van der Waals surface area (Å²) < 4.78 is 36.2. The first-order valence-electron chi connectivity index (χ1n) is 6.77. The van der Waals surface area contributed by atoms with Crippen LogP contribution < -0.4 is 4.72 Å². The Labute approximate surface area is 132 Å². The van der Waals surface area contributed by atoms with Gasteiger partial charge in [-0.15, -0.1) is 11.3 Å². The third-order valence-electron chi connectivity index (χ3n) is 3.25. The molecule has 1 aliphatic rings. The van der Waals surface area contributed by atoms with Crippen molar-refractivity contribution in [3.8, 4) is 0 Å². The molecule has 0 saturated carbocycles. The largest absolute Gasteiger partial charge is 0.465 e. The third kappa shape index (κ3) is 4.05. The van der Waals surface area contributed by atoms with Gasteiger partial charge in [0.25, 0.3) is 10.0 Å². The highest BCUT2D eigenvalue weighted by Gasteiger charge is 2.26. The summed E-state index contributed by atoms with van der Waals surface area (Å²) in [6.07, 6.45) is 2.40. The van der Waals surface area contributed by atoms with Crippen molar-refractivity contribution in [2.24, 2.45) is 0 Å². The number of ether oxygens (including phenoxy) is 2. The molecule has 1 aromatic rings. The second-order valence-corrected chi connectivity index (χ2v) is 7.37. The van der Waals surface area contributed by atoms with Crippen molar-refractivity contribution in [2.45, 2.75) is 36.7 Å². The van der Waals surface area contributed by atoms with Gasteiger partial charge in [-0.1, -0.05) is 0 Å². The monoisotopic (exact) mass is 347 g/mol. The van der Waals surface area contributed by atoms with Gasteiger partial charge in [0, 0.05) is 13.0 Å². The van der Waals surface area contributed by atoms with Crippen LogP contribution in [0.3, 0.4) is 0 Å². The molecule has 0 unspecified atom stereocenters. The van der Waals surface area contributed by atoms with Gasteiger partial charge in [0.15, 0.2) is 0 Å². The number of sulfonamides is 1. The number of thiophene rings is 1. The lowest BCUT2D eigenvalue weighted by atomic mass is 10.1. The Bertz CT molecular complexity index is 645. The molecular formula is C13H17NO6S2. The summed E-state index contributed by atoms with van der Waals surface area (Å²) in [6.45, 7) is 0.683. The van der Waals surface area contributed by atoms with Gasteiger partial charge in [0.05, 0.1) is 13.2 Å². The van der Waals surface area contributed by atoms with Crippen LogP contribution in [0.5, 0.6) is 0 Å². The average molecular weight is 347 g/mol. The van der Waals surface area contributed by atoms with Crippen LogP contribution in [0.1, 0.15) is 35.4 Å². The quantitative estimate of drug-likeness (QED) is 0.779. The molecule has 0 spiro atoms. The van der Waals surface area contributed by atoms with E-state index in [9.17, 15) is 18.0 Å². The van der Waals surface area contributed by atoms with Crippen LogP contribution in [0, 0.1) is 0 Å². The molecule has 1 aromatic heterocycles. The van der Waals surface area contributed by atoms with Crippen molar-refractivity contribution in [1.82, 2.24) is 4.72 Å². The zero-order valence-corrected chi connectivity index (χ0v) is 13.7. The summed E-state index contributed by atoms with van der Waals surface area (Å²) in [5, 5.41) is 1.46. The number of nitrogens with one attached hydrogen (secondary N) is 1. The van der Waals surface area contributed by atoms with E-state index in [0.29, 0.717) is 13.0 Å². The SMILES string of the molecule is COC(=O)c1sccc1S(=O)(=O)NC(=O)CC[C@@H]1CCCO1. The van der Waals surface area contributed by atoms with E-state index in [-0.39, 0.29) is 22.3 Å². The third-order valence-corrected chi connectivity index (χ3v) is 5.69. The Kier molecular flexibility index (Phi) is 5.54. The number of esters is 1. The fraction of sp³-hybridized carbons (Fsp3) is 0.538. The minimum atomic E-state index is -4.08. The molecule has 7 nitrogen and oxygen atoms in total. The number of rotatable bonds is 6. The van der Waals surface area contributed by atoms with Gasteiger partial charge in [0.1, 0.15) is 9.77 Å². The lowest BCUT2D eigenvalue weighted by Gasteiger charge is -2.10. The van der Waals surface area contributed by atoms with Crippen molar-refractivity contribution in [2.75, 3.05) is 13.7 Å². The van der Waals surface area contributed by atoms with Gasteiger partial charge in [-0.3, -0.25) is 4.79 Å². The molecule has 1 aliphatic heterocycles. The fourth-order valence-corrected chi connectivity index (χ4v) is 4.52. The summed E-state index contributed by atoms with van der Waals surface area (Å²) in [5.41, 5.74) is 0. The molecule has 0 bridgehead atoms. The van der Waals surface area contributed by atoms with E-state index in [2.05, 4.69) is 4.74 Å². The van der Waals surface area contributed by atoms with Crippen molar-refractivity contribution < 1.29 is 27.5 Å². The van der Waals surface area contributed by atoms with E-state index in [1.165, 1.54) is 18.6 Å². The molecule has 1 fully saturated rings. The van der Waals surface area contributed by atoms with Gasteiger partial charge >= 0.3 is 5.97 Å². The Morgan fingerprint density at radius 2 is 2.27 bits per heavy atom. The van der Waals surface area contributed by atoms with Crippen LogP contribution in [-0.2, 0) is 24.3 Å². The predicted octanol–water partition coefficient (Wildman–Crippen LogP) is 1.30. The predicted molar refractivity (Wildman–Crippen MR) is 79.2 cm³/mol. The Morgan fingerprint density at radius 1 is 1.50 bits per heavy atom.